The molecule has 0 radical (unpaired) electrons. The normalized spacial score (nSPS) is 29.5. The van der Waals surface area contributed by atoms with Gasteiger partial charge in [-0.25, -0.2) is 0 Å². The molecule has 0 amide bonds. The summed E-state index contributed by atoms with van der Waals surface area (Å²) in [5.41, 5.74) is 9.64. The highest BCUT2D eigenvalue weighted by Crippen LogP contribution is 2.77. The Balaban J connectivity index is 3.46. The van der Waals surface area contributed by atoms with Crippen LogP contribution in [0.5, 0.6) is 0 Å². The van der Waals surface area contributed by atoms with E-state index in [4.69, 9.17) is 11.0 Å². The molecule has 0 unspecified atom stereocenters. The summed E-state index contributed by atoms with van der Waals surface area (Å²) in [4.78, 5) is 0. The molecule has 0 fully saturated rings. The minimum atomic E-state index is -5.32. The van der Waals surface area contributed by atoms with Gasteiger partial charge in [0, 0.05) is 0 Å². The van der Waals surface area contributed by atoms with E-state index in [0.29, 0.717) is 0 Å². The van der Waals surface area contributed by atoms with Gasteiger partial charge >= 0.3 is 15.7 Å². The average Bonchev–Trinajstić information content (AvgIpc) is 1.44. The summed E-state index contributed by atoms with van der Waals surface area (Å²) in [5, 5.41) is 0. The van der Waals surface area contributed by atoms with Crippen molar-refractivity contribution in [2.24, 2.45) is 24.6 Å². The van der Waals surface area contributed by atoms with E-state index < -0.39 is 23.2 Å². The van der Waals surface area contributed by atoms with Gasteiger partial charge in [-0.15, -0.1) is 21.3 Å². The Hall–Kier alpha value is 0.330. The molecule has 0 aromatic rings. The quantitative estimate of drug-likeness (QED) is 0.502. The molecule has 1 aliphatic rings. The lowest BCUT2D eigenvalue weighted by molar-refractivity contribution is 0.701. The zero-order chi connectivity index (χ0) is 9.62. The van der Waals surface area contributed by atoms with E-state index in [-0.39, 0.29) is 0 Å². The summed E-state index contributed by atoms with van der Waals surface area (Å²) in [6.45, 7) is 0. The van der Waals surface area contributed by atoms with E-state index in [1.165, 1.54) is 0 Å². The molecule has 0 saturated carbocycles. The van der Waals surface area contributed by atoms with Gasteiger partial charge in [-0.1, -0.05) is 0 Å². The minimum Gasteiger partial charge on any atom is -0.267 e. The van der Waals surface area contributed by atoms with Crippen LogP contribution in [0.25, 0.3) is 0 Å². The monoisotopic (exact) mass is 243 g/mol. The first-order chi connectivity index (χ1) is 5.12. The SMILES string of the molecule is NP1(N)=NP(F)(F)=NP(F)(F)=N1. The maximum Gasteiger partial charge on any atom is 0.423 e. The van der Waals surface area contributed by atoms with Crippen molar-refractivity contribution in [3.63, 3.8) is 0 Å². The molecule has 0 bridgehead atoms. The number of hydrogen-bond donors (Lipinski definition) is 2. The second-order valence-electron chi connectivity index (χ2n) is 1.88. The average molecular weight is 243 g/mol. The van der Waals surface area contributed by atoms with Crippen molar-refractivity contribution in [1.82, 2.24) is 0 Å². The highest BCUT2D eigenvalue weighted by molar-refractivity contribution is 7.79. The van der Waals surface area contributed by atoms with Crippen LogP contribution >= 0.6 is 23.2 Å². The van der Waals surface area contributed by atoms with Crippen LogP contribution in [0.1, 0.15) is 0 Å². The third-order valence-electron chi connectivity index (χ3n) is 0.717. The molecular weight excluding hydrogens is 239 g/mol. The van der Waals surface area contributed by atoms with Crippen LogP contribution in [0.4, 0.5) is 16.8 Å². The molecule has 1 rings (SSSR count). The lowest BCUT2D eigenvalue weighted by Crippen LogP contribution is -2.02. The van der Waals surface area contributed by atoms with Crippen molar-refractivity contribution < 1.29 is 16.8 Å². The summed E-state index contributed by atoms with van der Waals surface area (Å²) < 4.78 is 56.3. The van der Waals surface area contributed by atoms with Crippen molar-refractivity contribution >= 4 is 23.2 Å². The van der Waals surface area contributed by atoms with Crippen molar-refractivity contribution in [3.05, 3.63) is 0 Å². The highest BCUT2D eigenvalue weighted by atomic mass is 31.3. The van der Waals surface area contributed by atoms with Crippen molar-refractivity contribution in [2.75, 3.05) is 0 Å². The van der Waals surface area contributed by atoms with Gasteiger partial charge < -0.3 is 0 Å². The molecular formula is H4F4N5P3. The summed E-state index contributed by atoms with van der Waals surface area (Å²) >= 11 is 0. The molecule has 12 heavy (non-hydrogen) atoms. The minimum absolute atomic E-state index is 1.93. The van der Waals surface area contributed by atoms with Crippen LogP contribution in [0.2, 0.25) is 0 Å². The van der Waals surface area contributed by atoms with Crippen LogP contribution in [0.15, 0.2) is 13.5 Å². The third kappa shape index (κ3) is 2.68. The zero-order valence-electron chi connectivity index (χ0n) is 5.35. The molecule has 0 aromatic carbocycles. The van der Waals surface area contributed by atoms with Gasteiger partial charge in [0.2, 0.25) is 7.51 Å². The largest absolute Gasteiger partial charge is 0.423 e. The van der Waals surface area contributed by atoms with Crippen LogP contribution in [0, 0.1) is 0 Å². The van der Waals surface area contributed by atoms with Gasteiger partial charge in [0.15, 0.2) is 0 Å². The number of nitrogens with two attached hydrogens (primary N) is 2. The number of halogens is 4. The molecule has 4 N–H and O–H groups in total. The number of nitrogens with zero attached hydrogens (tertiary/aromatic N) is 3. The molecule has 72 valence electrons. The third-order valence-corrected chi connectivity index (χ3v) is 6.45. The molecule has 1 aliphatic heterocycles. The first-order valence-electron chi connectivity index (χ1n) is 2.39. The van der Waals surface area contributed by atoms with Crippen LogP contribution in [0.3, 0.4) is 0 Å². The molecule has 0 spiro atoms. The zero-order valence-corrected chi connectivity index (χ0v) is 8.03. The summed E-state index contributed by atoms with van der Waals surface area (Å²) in [6, 6.07) is 0. The Morgan fingerprint density at radius 3 is 1.50 bits per heavy atom. The second kappa shape index (κ2) is 2.66. The van der Waals surface area contributed by atoms with Gasteiger partial charge in [0.25, 0.3) is 0 Å². The van der Waals surface area contributed by atoms with E-state index in [2.05, 4.69) is 9.03 Å². The summed E-state index contributed by atoms with van der Waals surface area (Å²) in [7, 11) is -14.5. The molecule has 0 atom stereocenters. The van der Waals surface area contributed by atoms with E-state index in [1.807, 2.05) is 4.52 Å². The molecule has 12 heteroatoms. The fraction of sp³-hybridized carbons (Fsp3) is 0. The Morgan fingerprint density at radius 2 is 1.17 bits per heavy atom. The van der Waals surface area contributed by atoms with Crippen molar-refractivity contribution in [2.45, 2.75) is 0 Å². The van der Waals surface area contributed by atoms with Gasteiger partial charge in [0.1, 0.15) is 0 Å². The maximum atomic E-state index is 12.3. The Labute approximate surface area is 65.4 Å². The van der Waals surface area contributed by atoms with Crippen LogP contribution in [-0.4, -0.2) is 0 Å². The van der Waals surface area contributed by atoms with Gasteiger partial charge in [-0.2, -0.15) is 9.03 Å². The molecule has 5 nitrogen and oxygen atoms in total. The van der Waals surface area contributed by atoms with E-state index >= 15 is 0 Å². The van der Waals surface area contributed by atoms with Crippen molar-refractivity contribution in [1.29, 1.82) is 0 Å². The van der Waals surface area contributed by atoms with Crippen LogP contribution < -0.4 is 11.0 Å². The first kappa shape index (κ1) is 10.4. The van der Waals surface area contributed by atoms with Crippen LogP contribution in [-0.2, 0) is 0 Å². The standard InChI is InChI=1S/F4H4N5P3/c1-10(2)7-11(3,4)9-12(5,6)8-10/h5-6H2. The maximum absolute atomic E-state index is 12.3. The van der Waals surface area contributed by atoms with E-state index in [1.54, 1.807) is 0 Å². The number of rotatable bonds is 0. The van der Waals surface area contributed by atoms with E-state index in [0.717, 1.165) is 0 Å². The Kier molecular flexibility index (Phi) is 2.31. The first-order valence-corrected chi connectivity index (χ1v) is 7.18. The predicted octanol–water partition coefficient (Wildman–Crippen LogP) is 3.63. The molecule has 0 saturated heterocycles. The van der Waals surface area contributed by atoms with E-state index in [9.17, 15) is 16.8 Å². The topological polar surface area (TPSA) is 89.1 Å². The second-order valence-corrected chi connectivity index (χ2v) is 7.25. The van der Waals surface area contributed by atoms with Gasteiger partial charge in [-0.3, -0.25) is 11.0 Å². The molecule has 0 aliphatic carbocycles. The Morgan fingerprint density at radius 1 is 0.750 bits per heavy atom. The molecule has 1 heterocycles. The molecule has 0 aromatic heterocycles. The predicted molar refractivity (Wildman–Crippen MR) is 40.9 cm³/mol. The van der Waals surface area contributed by atoms with Crippen molar-refractivity contribution in [3.8, 4) is 0 Å². The Bertz CT molecular complexity index is 275. The lowest BCUT2D eigenvalue weighted by Gasteiger charge is -2.14. The highest BCUT2D eigenvalue weighted by Gasteiger charge is 2.34. The lowest BCUT2D eigenvalue weighted by atomic mass is 13.8. The fourth-order valence-corrected chi connectivity index (χ4v) is 5.72. The fourth-order valence-electron chi connectivity index (χ4n) is 0.528. The van der Waals surface area contributed by atoms with Gasteiger partial charge in [-0.05, 0) is 0 Å². The van der Waals surface area contributed by atoms with Gasteiger partial charge in [0.05, 0.1) is 0 Å². The summed E-state index contributed by atoms with van der Waals surface area (Å²) in [6.07, 6.45) is 0. The number of hydrogen-bond acceptors (Lipinski definition) is 5. The summed E-state index contributed by atoms with van der Waals surface area (Å²) in [5.74, 6) is 0. The smallest absolute Gasteiger partial charge is 0.267 e.